The Morgan fingerprint density at radius 1 is 0.898 bits per heavy atom. The van der Waals surface area contributed by atoms with Gasteiger partial charge in [-0.3, -0.25) is 14.5 Å². The number of fused-ring (bicyclic) bond motifs is 3. The lowest BCUT2D eigenvalue weighted by molar-refractivity contribution is -0.141. The number of piperidine rings is 1. The molecule has 9 rings (SSSR count). The summed E-state index contributed by atoms with van der Waals surface area (Å²) in [7, 11) is 3.07. The van der Waals surface area contributed by atoms with Crippen molar-refractivity contribution in [3.63, 3.8) is 0 Å². The summed E-state index contributed by atoms with van der Waals surface area (Å²) >= 11 is 0. The molecule has 1 fully saturated rings. The van der Waals surface area contributed by atoms with Crippen LogP contribution in [0.2, 0.25) is 0 Å². The Labute approximate surface area is 286 Å². The summed E-state index contributed by atoms with van der Waals surface area (Å²) in [6.07, 6.45) is 1.84. The lowest BCUT2D eigenvalue weighted by atomic mass is 9.89. The largest absolute Gasteiger partial charge is 0.493 e. The molecule has 4 aromatic rings. The molecule has 1 aromatic heterocycles. The van der Waals surface area contributed by atoms with Gasteiger partial charge in [-0.15, -0.1) is 0 Å². The number of carbonyl (C=O) groups excluding carboxylic acids is 2. The van der Waals surface area contributed by atoms with Crippen molar-refractivity contribution in [2.24, 2.45) is 0 Å². The molecular weight excluding hydrogens is 626 g/mol. The van der Waals surface area contributed by atoms with Crippen LogP contribution in [-0.4, -0.2) is 72.7 Å². The van der Waals surface area contributed by atoms with Gasteiger partial charge in [-0.05, 0) is 67.1 Å². The first-order valence-corrected chi connectivity index (χ1v) is 16.6. The maximum Gasteiger partial charge on any atom is 0.264 e. The number of aryl methyl sites for hydroxylation is 2. The SMILES string of the molecule is CCc1nc(CN2CCC3(CC2)Oc2ccc(cc2)OCCNC(=O)c2ccc(c(OC)c2)Oc2ccc(cc2OC)CNC3=O)c(C)[nH]1. The molecule has 1 spiro atoms. The highest BCUT2D eigenvalue weighted by Gasteiger charge is 2.44. The molecule has 49 heavy (non-hydrogen) atoms. The van der Waals surface area contributed by atoms with Crippen molar-refractivity contribution in [1.82, 2.24) is 25.5 Å². The first-order valence-electron chi connectivity index (χ1n) is 16.6. The summed E-state index contributed by atoms with van der Waals surface area (Å²) in [5.41, 5.74) is 2.27. The Kier molecular flexibility index (Phi) is 10.2. The standard InChI is InChI=1S/C37H43N5O7/c1-5-34-40-24(2)29(41-34)23-42-17-14-37(15-18-42)36(44)39-22-25-6-12-30(32(20-25)45-3)48-31-13-7-26(21-33(31)46-4)35(43)38-16-19-47-27-8-10-28(49-37)11-9-27/h6-13,20-21H,5,14-19,22-23H2,1-4H3,(H,38,43)(H,39,44)(H,40,41). The summed E-state index contributed by atoms with van der Waals surface area (Å²) in [6.45, 7) is 6.98. The summed E-state index contributed by atoms with van der Waals surface area (Å²) in [5, 5.41) is 6.00. The number of likely N-dealkylation sites (tertiary alicyclic amines) is 1. The van der Waals surface area contributed by atoms with E-state index in [1.807, 2.05) is 31.2 Å². The predicted octanol–water partition coefficient (Wildman–Crippen LogP) is 4.94. The van der Waals surface area contributed by atoms with Gasteiger partial charge < -0.3 is 39.3 Å². The highest BCUT2D eigenvalue weighted by Crippen LogP contribution is 2.38. The molecule has 0 radical (unpaired) electrons. The van der Waals surface area contributed by atoms with Gasteiger partial charge in [0.2, 0.25) is 0 Å². The number of nitrogens with zero attached hydrogens (tertiary/aromatic N) is 2. The number of rotatable bonds is 5. The molecule has 0 aliphatic carbocycles. The summed E-state index contributed by atoms with van der Waals surface area (Å²) in [5.74, 6) is 3.46. The lowest BCUT2D eigenvalue weighted by Crippen LogP contribution is -2.57. The van der Waals surface area contributed by atoms with Gasteiger partial charge in [-0.1, -0.05) is 13.0 Å². The third kappa shape index (κ3) is 7.75. The van der Waals surface area contributed by atoms with Crippen molar-refractivity contribution in [3.05, 3.63) is 89.0 Å². The number of carbonyl (C=O) groups is 2. The maximum atomic E-state index is 14.1. The molecule has 12 nitrogen and oxygen atoms in total. The van der Waals surface area contributed by atoms with Gasteiger partial charge in [-0.25, -0.2) is 4.98 Å². The van der Waals surface area contributed by atoms with E-state index in [4.69, 9.17) is 28.7 Å². The molecule has 5 aliphatic rings. The van der Waals surface area contributed by atoms with Crippen LogP contribution in [0.15, 0.2) is 60.7 Å². The molecule has 3 N–H and O–H groups in total. The summed E-state index contributed by atoms with van der Waals surface area (Å²) < 4.78 is 29.8. The van der Waals surface area contributed by atoms with Gasteiger partial charge in [0, 0.05) is 56.7 Å². The van der Waals surface area contributed by atoms with Crippen LogP contribution >= 0.6 is 0 Å². The Bertz CT molecular complexity index is 1780. The van der Waals surface area contributed by atoms with E-state index in [0.717, 1.165) is 29.2 Å². The van der Waals surface area contributed by atoms with Gasteiger partial charge in [0.1, 0.15) is 23.9 Å². The fourth-order valence-electron chi connectivity index (χ4n) is 6.07. The molecular formula is C37H43N5O7. The lowest BCUT2D eigenvalue weighted by Gasteiger charge is -2.40. The van der Waals surface area contributed by atoms with E-state index in [9.17, 15) is 9.59 Å². The minimum atomic E-state index is -1.08. The monoisotopic (exact) mass is 669 g/mol. The molecule has 258 valence electrons. The molecule has 12 heteroatoms. The number of amides is 2. The van der Waals surface area contributed by atoms with Crippen LogP contribution in [-0.2, 0) is 24.3 Å². The highest BCUT2D eigenvalue weighted by molar-refractivity contribution is 5.94. The van der Waals surface area contributed by atoms with Crippen LogP contribution in [0.1, 0.15) is 52.9 Å². The first kappa shape index (κ1) is 33.7. The minimum absolute atomic E-state index is 0.185. The second-order valence-electron chi connectivity index (χ2n) is 12.2. The third-order valence-corrected chi connectivity index (χ3v) is 8.94. The Hall–Kier alpha value is -5.23. The molecule has 2 amide bonds. The zero-order valence-electron chi connectivity index (χ0n) is 28.4. The van der Waals surface area contributed by atoms with Crippen molar-refractivity contribution in [2.45, 2.75) is 51.8 Å². The topological polar surface area (TPSA) is 136 Å². The molecule has 6 bridgehead atoms. The Morgan fingerprint density at radius 2 is 1.59 bits per heavy atom. The number of hydrogen-bond donors (Lipinski definition) is 3. The second kappa shape index (κ2) is 14.9. The Morgan fingerprint density at radius 3 is 2.29 bits per heavy atom. The molecule has 6 heterocycles. The van der Waals surface area contributed by atoms with Gasteiger partial charge in [0.25, 0.3) is 11.8 Å². The fourth-order valence-corrected chi connectivity index (χ4v) is 6.07. The second-order valence-corrected chi connectivity index (χ2v) is 12.2. The van der Waals surface area contributed by atoms with Crippen molar-refractivity contribution < 1.29 is 33.3 Å². The number of H-pyrrole nitrogens is 1. The number of aromatic nitrogens is 2. The Balaban J connectivity index is 1.25. The van der Waals surface area contributed by atoms with Crippen LogP contribution in [0.25, 0.3) is 0 Å². The maximum absolute atomic E-state index is 14.1. The van der Waals surface area contributed by atoms with Gasteiger partial charge in [0.15, 0.2) is 28.6 Å². The van der Waals surface area contributed by atoms with Crippen LogP contribution in [0.5, 0.6) is 34.5 Å². The van der Waals surface area contributed by atoms with Crippen molar-refractivity contribution >= 4 is 11.8 Å². The number of methoxy groups -OCH3 is 2. The normalized spacial score (nSPS) is 16.7. The summed E-state index contributed by atoms with van der Waals surface area (Å²) in [4.78, 5) is 37.4. The quantitative estimate of drug-likeness (QED) is 0.270. The van der Waals surface area contributed by atoms with Crippen LogP contribution in [0.3, 0.4) is 0 Å². The van der Waals surface area contributed by atoms with E-state index in [1.165, 1.54) is 7.11 Å². The van der Waals surface area contributed by atoms with E-state index in [-0.39, 0.29) is 25.0 Å². The average molecular weight is 670 g/mol. The molecule has 1 saturated heterocycles. The van der Waals surface area contributed by atoms with E-state index in [0.29, 0.717) is 79.1 Å². The molecule has 0 atom stereocenters. The van der Waals surface area contributed by atoms with Crippen LogP contribution in [0, 0.1) is 6.92 Å². The van der Waals surface area contributed by atoms with E-state index in [1.54, 1.807) is 43.5 Å². The van der Waals surface area contributed by atoms with E-state index in [2.05, 4.69) is 27.4 Å². The number of hydrogen-bond acceptors (Lipinski definition) is 9. The van der Waals surface area contributed by atoms with Gasteiger partial charge in [0.05, 0.1) is 26.5 Å². The highest BCUT2D eigenvalue weighted by atomic mass is 16.5. The average Bonchev–Trinajstić information content (AvgIpc) is 3.49. The van der Waals surface area contributed by atoms with Crippen molar-refractivity contribution in [1.29, 1.82) is 0 Å². The van der Waals surface area contributed by atoms with E-state index >= 15 is 0 Å². The van der Waals surface area contributed by atoms with Crippen molar-refractivity contribution in [3.8, 4) is 34.5 Å². The zero-order chi connectivity index (χ0) is 34.4. The molecule has 0 saturated carbocycles. The molecule has 0 unspecified atom stereocenters. The van der Waals surface area contributed by atoms with E-state index < -0.39 is 5.60 Å². The number of ether oxygens (including phenoxy) is 5. The predicted molar refractivity (Wildman–Crippen MR) is 183 cm³/mol. The number of imidazole rings is 1. The number of nitrogens with one attached hydrogen (secondary N) is 3. The van der Waals surface area contributed by atoms with Crippen molar-refractivity contribution in [2.75, 3.05) is 40.5 Å². The van der Waals surface area contributed by atoms with Crippen LogP contribution in [0.4, 0.5) is 0 Å². The number of benzene rings is 3. The van der Waals surface area contributed by atoms with Gasteiger partial charge in [-0.2, -0.15) is 0 Å². The minimum Gasteiger partial charge on any atom is -0.493 e. The van der Waals surface area contributed by atoms with Crippen LogP contribution < -0.4 is 34.3 Å². The fraction of sp³-hybridized carbons (Fsp3) is 0.378. The summed E-state index contributed by atoms with van der Waals surface area (Å²) in [6, 6.07) is 17.7. The first-order chi connectivity index (χ1) is 23.8. The third-order valence-electron chi connectivity index (χ3n) is 8.94. The zero-order valence-corrected chi connectivity index (χ0v) is 28.4. The number of aromatic amines is 1. The smallest absolute Gasteiger partial charge is 0.264 e. The molecule has 3 aromatic carbocycles. The van der Waals surface area contributed by atoms with Gasteiger partial charge >= 0.3 is 0 Å². The molecule has 5 aliphatic heterocycles.